The molecule has 0 amide bonds. The largest absolute Gasteiger partial charge is 0.483 e. The number of thioether (sulfide) groups is 1. The molecule has 1 aromatic heterocycles. The highest BCUT2D eigenvalue weighted by molar-refractivity contribution is 7.98. The van der Waals surface area contributed by atoms with Crippen molar-refractivity contribution in [3.8, 4) is 5.75 Å². The molecule has 27 heavy (non-hydrogen) atoms. The summed E-state index contributed by atoms with van der Waals surface area (Å²) in [6, 6.07) is 14.5. The smallest absolute Gasteiger partial charge is 0.191 e. The van der Waals surface area contributed by atoms with Gasteiger partial charge < -0.3 is 4.74 Å². The maximum Gasteiger partial charge on any atom is 0.191 e. The van der Waals surface area contributed by atoms with E-state index in [4.69, 9.17) is 4.74 Å². The molecule has 3 rings (SSSR count). The van der Waals surface area contributed by atoms with Gasteiger partial charge in [-0.2, -0.15) is 0 Å². The second-order valence-electron chi connectivity index (χ2n) is 6.24. The van der Waals surface area contributed by atoms with Crippen LogP contribution in [0, 0.1) is 12.7 Å². The number of halogens is 1. The van der Waals surface area contributed by atoms with Gasteiger partial charge in [0.1, 0.15) is 11.6 Å². The summed E-state index contributed by atoms with van der Waals surface area (Å²) in [6.45, 7) is 8.38. The normalized spacial score (nSPS) is 12.0. The summed E-state index contributed by atoms with van der Waals surface area (Å²) in [4.78, 5) is 0. The molecule has 1 unspecified atom stereocenters. The van der Waals surface area contributed by atoms with Crippen molar-refractivity contribution < 1.29 is 9.13 Å². The molecule has 0 spiro atoms. The van der Waals surface area contributed by atoms with Gasteiger partial charge >= 0.3 is 0 Å². The number of aromatic nitrogens is 3. The lowest BCUT2D eigenvalue weighted by molar-refractivity contribution is 0.210. The van der Waals surface area contributed by atoms with Gasteiger partial charge in [0.15, 0.2) is 17.1 Å². The molecule has 0 fully saturated rings. The van der Waals surface area contributed by atoms with Crippen LogP contribution in [0.2, 0.25) is 0 Å². The van der Waals surface area contributed by atoms with E-state index < -0.39 is 0 Å². The maximum atomic E-state index is 13.4. The van der Waals surface area contributed by atoms with Crippen LogP contribution in [-0.4, -0.2) is 14.8 Å². The van der Waals surface area contributed by atoms with Crippen molar-refractivity contribution in [2.45, 2.75) is 37.4 Å². The van der Waals surface area contributed by atoms with Gasteiger partial charge in [-0.25, -0.2) is 4.39 Å². The topological polar surface area (TPSA) is 39.9 Å². The summed E-state index contributed by atoms with van der Waals surface area (Å²) < 4.78 is 21.4. The van der Waals surface area contributed by atoms with Gasteiger partial charge in [-0.3, -0.25) is 4.57 Å². The van der Waals surface area contributed by atoms with Gasteiger partial charge in [0.05, 0.1) is 0 Å². The minimum atomic E-state index is -0.261. The first kappa shape index (κ1) is 19.2. The van der Waals surface area contributed by atoms with Crippen molar-refractivity contribution in [3.63, 3.8) is 0 Å². The lowest BCUT2D eigenvalue weighted by Gasteiger charge is -2.16. The molecule has 0 aliphatic rings. The Morgan fingerprint density at radius 2 is 2.04 bits per heavy atom. The first-order valence-electron chi connectivity index (χ1n) is 8.71. The van der Waals surface area contributed by atoms with Crippen molar-refractivity contribution in [1.29, 1.82) is 0 Å². The zero-order chi connectivity index (χ0) is 19.2. The van der Waals surface area contributed by atoms with E-state index in [0.717, 1.165) is 27.9 Å². The maximum absolute atomic E-state index is 13.4. The Hall–Kier alpha value is -2.60. The van der Waals surface area contributed by atoms with E-state index >= 15 is 0 Å². The summed E-state index contributed by atoms with van der Waals surface area (Å²) in [6.07, 6.45) is 1.54. The molecule has 140 valence electrons. The number of rotatable bonds is 8. The Balaban J connectivity index is 1.76. The Labute approximate surface area is 163 Å². The third-order valence-electron chi connectivity index (χ3n) is 3.98. The number of allylic oxidation sites excluding steroid dienone is 1. The highest BCUT2D eigenvalue weighted by Gasteiger charge is 2.19. The summed E-state index contributed by atoms with van der Waals surface area (Å²) in [7, 11) is 0. The Bertz CT molecular complexity index is 925. The van der Waals surface area contributed by atoms with Crippen LogP contribution in [0.3, 0.4) is 0 Å². The van der Waals surface area contributed by atoms with E-state index in [0.29, 0.717) is 12.3 Å². The van der Waals surface area contributed by atoms with Crippen LogP contribution < -0.4 is 4.74 Å². The van der Waals surface area contributed by atoms with Gasteiger partial charge in [-0.05, 0) is 49.2 Å². The number of nitrogens with zero attached hydrogens (tertiary/aromatic N) is 3. The summed E-state index contributed by atoms with van der Waals surface area (Å²) in [5.74, 6) is 1.91. The van der Waals surface area contributed by atoms with Crippen LogP contribution in [-0.2, 0) is 12.3 Å². The fourth-order valence-corrected chi connectivity index (χ4v) is 3.63. The van der Waals surface area contributed by atoms with Crippen molar-refractivity contribution in [1.82, 2.24) is 14.8 Å². The molecule has 0 saturated carbocycles. The van der Waals surface area contributed by atoms with Crippen LogP contribution in [0.15, 0.2) is 66.3 Å². The lowest BCUT2D eigenvalue weighted by Crippen LogP contribution is -2.12. The predicted molar refractivity (Wildman–Crippen MR) is 106 cm³/mol. The number of aryl methyl sites for hydroxylation is 1. The standard InChI is InChI=1S/C21H22FN3OS/c1-4-11-25-20(16(3)26-19-10-5-7-15(2)12-19)23-24-21(25)27-14-17-8-6-9-18(22)13-17/h4-10,12-13,16H,1,11,14H2,2-3H3. The van der Waals surface area contributed by atoms with Crippen LogP contribution in [0.4, 0.5) is 4.39 Å². The highest BCUT2D eigenvalue weighted by Crippen LogP contribution is 2.27. The molecule has 6 heteroatoms. The number of benzene rings is 2. The Morgan fingerprint density at radius 3 is 2.78 bits per heavy atom. The molecule has 3 aromatic rings. The average molecular weight is 383 g/mol. The molecule has 0 radical (unpaired) electrons. The zero-order valence-corrected chi connectivity index (χ0v) is 16.2. The molecular formula is C21H22FN3OS. The first-order valence-corrected chi connectivity index (χ1v) is 9.70. The van der Waals surface area contributed by atoms with E-state index in [2.05, 4.69) is 16.8 Å². The summed E-state index contributed by atoms with van der Waals surface area (Å²) in [5, 5.41) is 9.39. The molecule has 0 aliphatic heterocycles. The van der Waals surface area contributed by atoms with Crippen molar-refractivity contribution in [3.05, 3.63) is 84.0 Å². The molecule has 0 saturated heterocycles. The second kappa shape index (κ2) is 8.86. The molecular weight excluding hydrogens is 361 g/mol. The minimum Gasteiger partial charge on any atom is -0.483 e. The summed E-state index contributed by atoms with van der Waals surface area (Å²) in [5.41, 5.74) is 2.04. The monoisotopic (exact) mass is 383 g/mol. The molecule has 0 bridgehead atoms. The van der Waals surface area contributed by atoms with E-state index in [1.54, 1.807) is 12.1 Å². The van der Waals surface area contributed by atoms with Crippen molar-refractivity contribution >= 4 is 11.8 Å². The fraction of sp³-hybridized carbons (Fsp3) is 0.238. The van der Waals surface area contributed by atoms with E-state index in [1.807, 2.05) is 48.7 Å². The van der Waals surface area contributed by atoms with E-state index in [1.165, 1.54) is 23.9 Å². The van der Waals surface area contributed by atoms with Gasteiger partial charge in [-0.1, -0.05) is 42.1 Å². The number of hydrogen-bond acceptors (Lipinski definition) is 4. The van der Waals surface area contributed by atoms with Crippen LogP contribution in [0.1, 0.15) is 30.0 Å². The van der Waals surface area contributed by atoms with Gasteiger partial charge in [0.25, 0.3) is 0 Å². The van der Waals surface area contributed by atoms with Crippen molar-refractivity contribution in [2.24, 2.45) is 0 Å². The van der Waals surface area contributed by atoms with Crippen LogP contribution >= 0.6 is 11.8 Å². The Morgan fingerprint density at radius 1 is 1.22 bits per heavy atom. The third-order valence-corrected chi connectivity index (χ3v) is 5.02. The fourth-order valence-electron chi connectivity index (χ4n) is 2.73. The van der Waals surface area contributed by atoms with Gasteiger partial charge in [0.2, 0.25) is 0 Å². The van der Waals surface area contributed by atoms with Crippen LogP contribution in [0.25, 0.3) is 0 Å². The summed E-state index contributed by atoms with van der Waals surface area (Å²) >= 11 is 1.52. The van der Waals surface area contributed by atoms with Gasteiger partial charge in [0, 0.05) is 12.3 Å². The molecule has 2 aromatic carbocycles. The Kier molecular flexibility index (Phi) is 6.29. The quantitative estimate of drug-likeness (QED) is 0.389. The van der Waals surface area contributed by atoms with E-state index in [-0.39, 0.29) is 11.9 Å². The SMILES string of the molecule is C=CCn1c(SCc2cccc(F)c2)nnc1C(C)Oc1cccc(C)c1. The average Bonchev–Trinajstić information content (AvgIpc) is 3.03. The molecule has 0 aliphatic carbocycles. The zero-order valence-electron chi connectivity index (χ0n) is 15.4. The van der Waals surface area contributed by atoms with Crippen LogP contribution in [0.5, 0.6) is 5.75 Å². The lowest BCUT2D eigenvalue weighted by atomic mass is 10.2. The predicted octanol–water partition coefficient (Wildman–Crippen LogP) is 5.34. The highest BCUT2D eigenvalue weighted by atomic mass is 32.2. The molecule has 4 nitrogen and oxygen atoms in total. The molecule has 1 heterocycles. The third kappa shape index (κ3) is 4.98. The van der Waals surface area contributed by atoms with Gasteiger partial charge in [-0.15, -0.1) is 16.8 Å². The van der Waals surface area contributed by atoms with E-state index in [9.17, 15) is 4.39 Å². The molecule has 1 atom stereocenters. The number of ether oxygens (including phenoxy) is 1. The second-order valence-corrected chi connectivity index (χ2v) is 7.18. The minimum absolute atomic E-state index is 0.235. The van der Waals surface area contributed by atoms with Crippen molar-refractivity contribution in [2.75, 3.05) is 0 Å². The molecule has 0 N–H and O–H groups in total. The first-order chi connectivity index (χ1) is 13.1. The number of hydrogen-bond donors (Lipinski definition) is 0.